The van der Waals surface area contributed by atoms with Crippen LogP contribution in [0.2, 0.25) is 0 Å². The minimum atomic E-state index is -3.09. The Labute approximate surface area is 151 Å². The SMILES string of the molecule is CCS(=O)(=O)N1CCN(Cc2ccc(C(=O)NC(C)(C)C)cc2)CC1. The Morgan fingerprint density at radius 3 is 2.12 bits per heavy atom. The van der Waals surface area contributed by atoms with Gasteiger partial charge in [0, 0.05) is 43.8 Å². The molecule has 1 amide bonds. The lowest BCUT2D eigenvalue weighted by Crippen LogP contribution is -2.48. The molecule has 25 heavy (non-hydrogen) atoms. The molecule has 7 heteroatoms. The molecule has 1 aliphatic rings. The smallest absolute Gasteiger partial charge is 0.251 e. The van der Waals surface area contributed by atoms with Gasteiger partial charge in [-0.1, -0.05) is 12.1 Å². The number of nitrogens with one attached hydrogen (secondary N) is 1. The maximum absolute atomic E-state index is 12.1. The van der Waals surface area contributed by atoms with Gasteiger partial charge < -0.3 is 5.32 Å². The molecule has 0 aliphatic carbocycles. The molecule has 2 rings (SSSR count). The maximum Gasteiger partial charge on any atom is 0.251 e. The summed E-state index contributed by atoms with van der Waals surface area (Å²) in [5.41, 5.74) is 1.52. The largest absolute Gasteiger partial charge is 0.347 e. The van der Waals surface area contributed by atoms with E-state index in [1.54, 1.807) is 11.2 Å². The van der Waals surface area contributed by atoms with Crippen molar-refractivity contribution in [2.45, 2.75) is 39.8 Å². The third-order valence-corrected chi connectivity index (χ3v) is 6.08. The van der Waals surface area contributed by atoms with Crippen LogP contribution in [-0.2, 0) is 16.6 Å². The van der Waals surface area contributed by atoms with Crippen molar-refractivity contribution in [3.8, 4) is 0 Å². The van der Waals surface area contributed by atoms with Crippen LogP contribution in [0.4, 0.5) is 0 Å². The van der Waals surface area contributed by atoms with Gasteiger partial charge in [-0.25, -0.2) is 8.42 Å². The molecule has 0 atom stereocenters. The molecule has 0 unspecified atom stereocenters. The molecule has 0 saturated carbocycles. The lowest BCUT2D eigenvalue weighted by atomic mass is 10.1. The first-order chi connectivity index (χ1) is 11.6. The van der Waals surface area contributed by atoms with Crippen LogP contribution in [0, 0.1) is 0 Å². The van der Waals surface area contributed by atoms with Gasteiger partial charge in [-0.05, 0) is 45.4 Å². The summed E-state index contributed by atoms with van der Waals surface area (Å²) in [4.78, 5) is 14.4. The van der Waals surface area contributed by atoms with Gasteiger partial charge in [0.05, 0.1) is 5.75 Å². The first-order valence-corrected chi connectivity index (χ1v) is 10.3. The highest BCUT2D eigenvalue weighted by atomic mass is 32.2. The Morgan fingerprint density at radius 1 is 1.08 bits per heavy atom. The fourth-order valence-electron chi connectivity index (χ4n) is 2.78. The van der Waals surface area contributed by atoms with Gasteiger partial charge in [-0.15, -0.1) is 0 Å². The summed E-state index contributed by atoms with van der Waals surface area (Å²) in [7, 11) is -3.09. The first kappa shape index (κ1) is 19.9. The average Bonchev–Trinajstić information content (AvgIpc) is 2.54. The summed E-state index contributed by atoms with van der Waals surface area (Å²) in [5, 5.41) is 2.95. The van der Waals surface area contributed by atoms with E-state index in [-0.39, 0.29) is 17.2 Å². The lowest BCUT2D eigenvalue weighted by Gasteiger charge is -2.33. The molecule has 1 aromatic rings. The second-order valence-corrected chi connectivity index (χ2v) is 9.73. The average molecular weight is 368 g/mol. The van der Waals surface area contributed by atoms with Crippen LogP contribution in [0.15, 0.2) is 24.3 Å². The third kappa shape index (κ3) is 5.80. The van der Waals surface area contributed by atoms with E-state index < -0.39 is 10.0 Å². The summed E-state index contributed by atoms with van der Waals surface area (Å²) in [6.07, 6.45) is 0. The van der Waals surface area contributed by atoms with Gasteiger partial charge in [0.25, 0.3) is 5.91 Å². The molecule has 6 nitrogen and oxygen atoms in total. The van der Waals surface area contributed by atoms with Crippen molar-refractivity contribution in [2.24, 2.45) is 0 Å². The van der Waals surface area contributed by atoms with Gasteiger partial charge in [-0.3, -0.25) is 9.69 Å². The predicted octanol–water partition coefficient (Wildman–Crippen LogP) is 1.68. The Morgan fingerprint density at radius 2 is 1.64 bits per heavy atom. The van der Waals surface area contributed by atoms with Crippen LogP contribution in [0.25, 0.3) is 0 Å². The van der Waals surface area contributed by atoms with E-state index in [0.29, 0.717) is 18.7 Å². The quantitative estimate of drug-likeness (QED) is 0.860. The van der Waals surface area contributed by atoms with E-state index in [4.69, 9.17) is 0 Å². The van der Waals surface area contributed by atoms with Gasteiger partial charge >= 0.3 is 0 Å². The molecular weight excluding hydrogens is 338 g/mol. The highest BCUT2D eigenvalue weighted by Crippen LogP contribution is 2.13. The molecule has 0 aromatic heterocycles. The highest BCUT2D eigenvalue weighted by Gasteiger charge is 2.25. The van der Waals surface area contributed by atoms with Gasteiger partial charge in [0.1, 0.15) is 0 Å². The molecule has 1 heterocycles. The lowest BCUT2D eigenvalue weighted by molar-refractivity contribution is 0.0919. The normalized spacial score (nSPS) is 17.4. The minimum Gasteiger partial charge on any atom is -0.347 e. The summed E-state index contributed by atoms with van der Waals surface area (Å²) < 4.78 is 25.4. The van der Waals surface area contributed by atoms with E-state index in [9.17, 15) is 13.2 Å². The predicted molar refractivity (Wildman–Crippen MR) is 100.0 cm³/mol. The summed E-state index contributed by atoms with van der Waals surface area (Å²) >= 11 is 0. The van der Waals surface area contributed by atoms with Crippen LogP contribution in [0.3, 0.4) is 0 Å². The van der Waals surface area contributed by atoms with Crippen LogP contribution >= 0.6 is 0 Å². The van der Waals surface area contributed by atoms with Crippen molar-refractivity contribution >= 4 is 15.9 Å². The van der Waals surface area contributed by atoms with Crippen LogP contribution in [0.1, 0.15) is 43.6 Å². The first-order valence-electron chi connectivity index (χ1n) is 8.72. The van der Waals surface area contributed by atoms with E-state index in [2.05, 4.69) is 10.2 Å². The molecule has 140 valence electrons. The van der Waals surface area contributed by atoms with Gasteiger partial charge in [0.2, 0.25) is 10.0 Å². The molecule has 1 saturated heterocycles. The van der Waals surface area contributed by atoms with Crippen molar-refractivity contribution < 1.29 is 13.2 Å². The van der Waals surface area contributed by atoms with Crippen molar-refractivity contribution in [3.05, 3.63) is 35.4 Å². The van der Waals surface area contributed by atoms with Gasteiger partial charge in [0.15, 0.2) is 0 Å². The van der Waals surface area contributed by atoms with Crippen molar-refractivity contribution in [1.29, 1.82) is 0 Å². The number of carbonyl (C=O) groups excluding carboxylic acids is 1. The molecule has 1 fully saturated rings. The zero-order valence-electron chi connectivity index (χ0n) is 15.6. The Balaban J connectivity index is 1.89. The molecule has 1 N–H and O–H groups in total. The van der Waals surface area contributed by atoms with Crippen molar-refractivity contribution in [1.82, 2.24) is 14.5 Å². The fourth-order valence-corrected chi connectivity index (χ4v) is 3.87. The number of sulfonamides is 1. The summed E-state index contributed by atoms with van der Waals surface area (Å²) in [5.74, 6) is 0.0860. The number of carbonyl (C=O) groups is 1. The number of nitrogens with zero attached hydrogens (tertiary/aromatic N) is 2. The van der Waals surface area contributed by atoms with Crippen LogP contribution < -0.4 is 5.32 Å². The number of hydrogen-bond acceptors (Lipinski definition) is 4. The van der Waals surface area contributed by atoms with Gasteiger partial charge in [-0.2, -0.15) is 4.31 Å². The molecule has 0 bridgehead atoms. The topological polar surface area (TPSA) is 69.7 Å². The Bertz CT molecular complexity index is 685. The number of piperazine rings is 1. The zero-order valence-corrected chi connectivity index (χ0v) is 16.4. The number of amides is 1. The summed E-state index contributed by atoms with van der Waals surface area (Å²) in [6.45, 7) is 10.9. The van der Waals surface area contributed by atoms with Crippen molar-refractivity contribution in [3.63, 3.8) is 0 Å². The summed E-state index contributed by atoms with van der Waals surface area (Å²) in [6, 6.07) is 7.61. The second-order valence-electron chi connectivity index (χ2n) is 7.48. The Hall–Kier alpha value is -1.44. The maximum atomic E-state index is 12.1. The number of rotatable bonds is 5. The number of benzene rings is 1. The molecule has 1 aliphatic heterocycles. The fraction of sp³-hybridized carbons (Fsp3) is 0.611. The standard InChI is InChI=1S/C18H29N3O3S/c1-5-25(23,24)21-12-10-20(11-13-21)14-15-6-8-16(9-7-15)17(22)19-18(2,3)4/h6-9H,5,10-14H2,1-4H3,(H,19,22). The molecular formula is C18H29N3O3S. The highest BCUT2D eigenvalue weighted by molar-refractivity contribution is 7.89. The zero-order chi connectivity index (χ0) is 18.7. The molecule has 0 radical (unpaired) electrons. The van der Waals surface area contributed by atoms with Crippen LogP contribution in [-0.4, -0.2) is 61.0 Å². The van der Waals surface area contributed by atoms with Crippen LogP contribution in [0.5, 0.6) is 0 Å². The second kappa shape index (κ2) is 7.85. The minimum absolute atomic E-state index is 0.0718. The molecule has 1 aromatic carbocycles. The van der Waals surface area contributed by atoms with E-state index in [1.165, 1.54) is 0 Å². The van der Waals surface area contributed by atoms with E-state index in [0.717, 1.165) is 25.2 Å². The van der Waals surface area contributed by atoms with E-state index in [1.807, 2.05) is 45.0 Å². The third-order valence-electron chi connectivity index (χ3n) is 4.20. The monoisotopic (exact) mass is 367 g/mol. The van der Waals surface area contributed by atoms with Crippen molar-refractivity contribution in [2.75, 3.05) is 31.9 Å². The number of hydrogen-bond donors (Lipinski definition) is 1. The van der Waals surface area contributed by atoms with E-state index >= 15 is 0 Å². The molecule has 0 spiro atoms. The Kier molecular flexibility index (Phi) is 6.24.